The zero-order valence-corrected chi connectivity index (χ0v) is 14.0. The maximum atomic E-state index is 11.6. The Balaban J connectivity index is 2.15. The van der Waals surface area contributed by atoms with Crippen LogP contribution in [0.15, 0.2) is 29.2 Å². The largest absolute Gasteiger partial charge is 0.369 e. The van der Waals surface area contributed by atoms with Gasteiger partial charge < -0.3 is 4.90 Å². The third kappa shape index (κ3) is 3.75. The highest BCUT2D eigenvalue weighted by Crippen LogP contribution is 2.22. The van der Waals surface area contributed by atoms with Crippen molar-refractivity contribution in [3.8, 4) is 0 Å². The Labute approximate surface area is 126 Å². The van der Waals surface area contributed by atoms with Gasteiger partial charge in [-0.2, -0.15) is 4.31 Å². The van der Waals surface area contributed by atoms with Gasteiger partial charge in [0.2, 0.25) is 10.0 Å². The molecule has 0 amide bonds. The van der Waals surface area contributed by atoms with Crippen molar-refractivity contribution in [2.24, 2.45) is 0 Å². The van der Waals surface area contributed by atoms with Crippen molar-refractivity contribution in [2.75, 3.05) is 37.0 Å². The summed E-state index contributed by atoms with van der Waals surface area (Å²) in [7, 11) is -6.37. The predicted molar refractivity (Wildman–Crippen MR) is 82.8 cm³/mol. The van der Waals surface area contributed by atoms with Crippen LogP contribution in [0.4, 0.5) is 5.69 Å². The van der Waals surface area contributed by atoms with E-state index in [0.717, 1.165) is 5.69 Å². The van der Waals surface area contributed by atoms with Crippen LogP contribution < -0.4 is 4.90 Å². The van der Waals surface area contributed by atoms with Gasteiger partial charge in [0, 0.05) is 37.6 Å². The second-order valence-electron chi connectivity index (χ2n) is 5.43. The molecule has 1 atom stereocenters. The summed E-state index contributed by atoms with van der Waals surface area (Å²) in [5.74, 6) is 0. The highest BCUT2D eigenvalue weighted by molar-refractivity contribution is 7.90. The average molecular weight is 332 g/mol. The topological polar surface area (TPSA) is 74.8 Å². The van der Waals surface area contributed by atoms with Crippen molar-refractivity contribution >= 4 is 25.5 Å². The lowest BCUT2D eigenvalue weighted by Gasteiger charge is -2.39. The van der Waals surface area contributed by atoms with Crippen molar-refractivity contribution in [3.05, 3.63) is 24.3 Å². The second kappa shape index (κ2) is 5.58. The molecule has 0 spiro atoms. The minimum atomic E-state index is -3.20. The van der Waals surface area contributed by atoms with E-state index in [1.54, 1.807) is 24.3 Å². The first kappa shape index (κ1) is 16.3. The van der Waals surface area contributed by atoms with Gasteiger partial charge in [0.25, 0.3) is 0 Å². The third-order valence-corrected chi connectivity index (χ3v) is 6.15. The van der Waals surface area contributed by atoms with E-state index in [4.69, 9.17) is 0 Å². The number of sulfone groups is 1. The lowest BCUT2D eigenvalue weighted by atomic mass is 10.2. The van der Waals surface area contributed by atoms with E-state index in [1.807, 2.05) is 6.92 Å². The quantitative estimate of drug-likeness (QED) is 0.808. The molecule has 1 aromatic rings. The van der Waals surface area contributed by atoms with E-state index >= 15 is 0 Å². The Kier molecular flexibility index (Phi) is 4.32. The first-order valence-electron chi connectivity index (χ1n) is 6.61. The molecular weight excluding hydrogens is 312 g/mol. The molecule has 0 N–H and O–H groups in total. The van der Waals surface area contributed by atoms with Crippen LogP contribution in [0.25, 0.3) is 0 Å². The molecule has 0 unspecified atom stereocenters. The molecule has 0 radical (unpaired) electrons. The summed E-state index contributed by atoms with van der Waals surface area (Å²) in [6.45, 7) is 3.49. The molecule has 8 heteroatoms. The molecular formula is C13H20N2O4S2. The van der Waals surface area contributed by atoms with Crippen molar-refractivity contribution in [2.45, 2.75) is 17.9 Å². The zero-order chi connectivity index (χ0) is 15.8. The predicted octanol–water partition coefficient (Wildman–Crippen LogP) is 0.560. The van der Waals surface area contributed by atoms with Crippen LogP contribution in [0.3, 0.4) is 0 Å². The number of nitrogens with zero attached hydrogens (tertiary/aromatic N) is 2. The first-order chi connectivity index (χ1) is 9.59. The lowest BCUT2D eigenvalue weighted by molar-refractivity contribution is 0.309. The summed E-state index contributed by atoms with van der Waals surface area (Å²) in [5, 5.41) is 0. The monoisotopic (exact) mass is 332 g/mol. The number of hydrogen-bond donors (Lipinski definition) is 0. The van der Waals surface area contributed by atoms with Gasteiger partial charge in [-0.25, -0.2) is 16.8 Å². The summed E-state index contributed by atoms with van der Waals surface area (Å²) in [5.41, 5.74) is 0.905. The van der Waals surface area contributed by atoms with Crippen LogP contribution >= 0.6 is 0 Å². The van der Waals surface area contributed by atoms with Crippen molar-refractivity contribution in [3.63, 3.8) is 0 Å². The van der Waals surface area contributed by atoms with E-state index in [1.165, 1.54) is 16.8 Å². The van der Waals surface area contributed by atoms with Gasteiger partial charge in [-0.1, -0.05) is 0 Å². The zero-order valence-electron chi connectivity index (χ0n) is 12.4. The normalized spacial score (nSPS) is 21.5. The maximum absolute atomic E-state index is 11.6. The molecule has 1 fully saturated rings. The maximum Gasteiger partial charge on any atom is 0.211 e. The van der Waals surface area contributed by atoms with Gasteiger partial charge in [-0.3, -0.25) is 0 Å². The van der Waals surface area contributed by atoms with Crippen LogP contribution in [-0.4, -0.2) is 59.3 Å². The average Bonchev–Trinajstić information content (AvgIpc) is 2.36. The van der Waals surface area contributed by atoms with Crippen molar-refractivity contribution in [1.29, 1.82) is 0 Å². The Morgan fingerprint density at radius 1 is 1.00 bits per heavy atom. The molecule has 1 aliphatic rings. The summed E-state index contributed by atoms with van der Waals surface area (Å²) in [4.78, 5) is 2.35. The molecule has 0 saturated carbocycles. The molecule has 1 saturated heterocycles. The summed E-state index contributed by atoms with van der Waals surface area (Å²) >= 11 is 0. The summed E-state index contributed by atoms with van der Waals surface area (Å²) in [6.07, 6.45) is 2.40. The molecule has 21 heavy (non-hydrogen) atoms. The summed E-state index contributed by atoms with van der Waals surface area (Å²) < 4.78 is 47.6. The lowest BCUT2D eigenvalue weighted by Crippen LogP contribution is -2.53. The van der Waals surface area contributed by atoms with Crippen LogP contribution in [0.5, 0.6) is 0 Å². The van der Waals surface area contributed by atoms with Crippen LogP contribution in [0, 0.1) is 0 Å². The van der Waals surface area contributed by atoms with Gasteiger partial charge in [-0.05, 0) is 31.2 Å². The molecule has 2 rings (SSSR count). The van der Waals surface area contributed by atoms with Gasteiger partial charge in [0.05, 0.1) is 11.2 Å². The fourth-order valence-electron chi connectivity index (χ4n) is 2.57. The van der Waals surface area contributed by atoms with E-state index in [0.29, 0.717) is 19.6 Å². The fraction of sp³-hybridized carbons (Fsp3) is 0.538. The standard InChI is InChI=1S/C13H20N2O4S2/c1-11-10-14(8-9-15(11)21(3,18)19)12-4-6-13(7-5-12)20(2,16)17/h4-7,11H,8-10H2,1-3H3/t11-/m0/s1. The molecule has 1 aromatic carbocycles. The van der Waals surface area contributed by atoms with Crippen molar-refractivity contribution < 1.29 is 16.8 Å². The van der Waals surface area contributed by atoms with Crippen LogP contribution in [0.2, 0.25) is 0 Å². The molecule has 118 valence electrons. The van der Waals surface area contributed by atoms with Crippen molar-refractivity contribution in [1.82, 2.24) is 4.31 Å². The molecule has 6 nitrogen and oxygen atoms in total. The highest BCUT2D eigenvalue weighted by Gasteiger charge is 2.29. The number of hydrogen-bond acceptors (Lipinski definition) is 5. The third-order valence-electron chi connectivity index (χ3n) is 3.62. The smallest absolute Gasteiger partial charge is 0.211 e. The molecule has 1 aliphatic heterocycles. The number of anilines is 1. The molecule has 0 aliphatic carbocycles. The van der Waals surface area contributed by atoms with Gasteiger partial charge >= 0.3 is 0 Å². The van der Waals surface area contributed by atoms with Gasteiger partial charge in [0.15, 0.2) is 9.84 Å². The molecule has 0 aromatic heterocycles. The van der Waals surface area contributed by atoms with Crippen LogP contribution in [0.1, 0.15) is 6.92 Å². The Morgan fingerprint density at radius 3 is 2.00 bits per heavy atom. The number of benzene rings is 1. The molecule has 1 heterocycles. The number of sulfonamides is 1. The Morgan fingerprint density at radius 2 is 1.57 bits per heavy atom. The minimum Gasteiger partial charge on any atom is -0.369 e. The number of piperazine rings is 1. The summed E-state index contributed by atoms with van der Waals surface area (Å²) in [6, 6.07) is 6.58. The Bertz CT molecular complexity index is 711. The SMILES string of the molecule is C[C@H]1CN(c2ccc(S(C)(=O)=O)cc2)CCN1S(C)(=O)=O. The van der Waals surface area contributed by atoms with Gasteiger partial charge in [0.1, 0.15) is 0 Å². The minimum absolute atomic E-state index is 0.108. The van der Waals surface area contributed by atoms with E-state index in [-0.39, 0.29) is 10.9 Å². The van der Waals surface area contributed by atoms with E-state index in [9.17, 15) is 16.8 Å². The van der Waals surface area contributed by atoms with E-state index < -0.39 is 19.9 Å². The van der Waals surface area contributed by atoms with E-state index in [2.05, 4.69) is 4.90 Å². The molecule has 0 bridgehead atoms. The van der Waals surface area contributed by atoms with Gasteiger partial charge in [-0.15, -0.1) is 0 Å². The second-order valence-corrected chi connectivity index (χ2v) is 9.39. The number of rotatable bonds is 3. The van der Waals surface area contributed by atoms with Crippen LogP contribution in [-0.2, 0) is 19.9 Å². The first-order valence-corrected chi connectivity index (χ1v) is 10.3. The highest BCUT2D eigenvalue weighted by atomic mass is 32.2. The fourth-order valence-corrected chi connectivity index (χ4v) is 4.34. The Hall–Kier alpha value is -1.12.